The Kier molecular flexibility index (Phi) is 8.30. The number of amides is 2. The maximum atomic E-state index is 13.9. The predicted octanol–water partition coefficient (Wildman–Crippen LogP) is 5.11. The van der Waals surface area contributed by atoms with Gasteiger partial charge in [0.15, 0.2) is 0 Å². The van der Waals surface area contributed by atoms with Crippen molar-refractivity contribution in [3.63, 3.8) is 0 Å². The summed E-state index contributed by atoms with van der Waals surface area (Å²) in [5, 5.41) is 9.32. The van der Waals surface area contributed by atoms with Crippen molar-refractivity contribution in [2.45, 2.75) is 25.8 Å². The van der Waals surface area contributed by atoms with Crippen molar-refractivity contribution in [3.05, 3.63) is 125 Å². The summed E-state index contributed by atoms with van der Waals surface area (Å²) < 4.78 is 0. The van der Waals surface area contributed by atoms with Gasteiger partial charge in [0.25, 0.3) is 11.8 Å². The summed E-state index contributed by atoms with van der Waals surface area (Å²) in [6.45, 7) is 1.57. The smallest absolute Gasteiger partial charge is 0.305 e. The van der Waals surface area contributed by atoms with Crippen LogP contribution in [0.5, 0.6) is 0 Å². The summed E-state index contributed by atoms with van der Waals surface area (Å²) in [7, 11) is 0. The zero-order valence-corrected chi connectivity index (χ0v) is 22.2. The van der Waals surface area contributed by atoms with Crippen LogP contribution >= 0.6 is 0 Å². The fraction of sp³-hybridized carbons (Fsp3) is 0.212. The number of benzene rings is 3. The maximum Gasteiger partial charge on any atom is 0.305 e. The van der Waals surface area contributed by atoms with Gasteiger partial charge in [-0.3, -0.25) is 19.4 Å². The van der Waals surface area contributed by atoms with Gasteiger partial charge >= 0.3 is 5.97 Å². The molecular formula is C33H31N3O4. The van der Waals surface area contributed by atoms with Crippen LogP contribution in [-0.4, -0.2) is 57.3 Å². The first-order valence-electron chi connectivity index (χ1n) is 13.5. The third kappa shape index (κ3) is 6.10. The standard InChI is InChI=1S/C33H31N3O4/c37-31(38)18-22-35(21-17-26-11-7-8-19-34-26)32(39)29-14-5-3-12-27(29)28-13-4-6-15-30(28)33(40)36-20-16-24-9-1-2-10-25(24)23-36/h1-15,19H,16-18,20-23H2,(H,37,38). The normalized spacial score (nSPS) is 12.4. The minimum Gasteiger partial charge on any atom is -0.481 e. The highest BCUT2D eigenvalue weighted by Crippen LogP contribution is 2.30. The Bertz CT molecular complexity index is 1520. The molecule has 4 aromatic rings. The maximum absolute atomic E-state index is 13.9. The zero-order valence-electron chi connectivity index (χ0n) is 22.2. The van der Waals surface area contributed by atoms with Gasteiger partial charge in [0.05, 0.1) is 6.42 Å². The van der Waals surface area contributed by atoms with Crippen molar-refractivity contribution in [2.75, 3.05) is 19.6 Å². The van der Waals surface area contributed by atoms with Gasteiger partial charge in [0.1, 0.15) is 0 Å². The van der Waals surface area contributed by atoms with E-state index in [1.54, 1.807) is 23.2 Å². The number of hydrogen-bond donors (Lipinski definition) is 1. The second-order valence-corrected chi connectivity index (χ2v) is 9.84. The molecule has 5 rings (SSSR count). The van der Waals surface area contributed by atoms with E-state index in [4.69, 9.17) is 0 Å². The molecule has 202 valence electrons. The summed E-state index contributed by atoms with van der Waals surface area (Å²) in [5.74, 6) is -1.32. The van der Waals surface area contributed by atoms with E-state index in [9.17, 15) is 19.5 Å². The number of nitrogens with zero attached hydrogens (tertiary/aromatic N) is 3. The average molecular weight is 534 g/mol. The number of carboxylic acids is 1. The first kappa shape index (κ1) is 26.8. The first-order chi connectivity index (χ1) is 19.5. The lowest BCUT2D eigenvalue weighted by molar-refractivity contribution is -0.137. The van der Waals surface area contributed by atoms with Crippen LogP contribution < -0.4 is 0 Å². The van der Waals surface area contributed by atoms with E-state index < -0.39 is 5.97 Å². The highest BCUT2D eigenvalue weighted by molar-refractivity contribution is 6.06. The summed E-state index contributed by atoms with van der Waals surface area (Å²) in [5.41, 5.74) is 5.53. The quantitative estimate of drug-likeness (QED) is 0.323. The van der Waals surface area contributed by atoms with Crippen LogP contribution in [0.15, 0.2) is 97.2 Å². The van der Waals surface area contributed by atoms with Crippen LogP contribution in [0.25, 0.3) is 11.1 Å². The molecule has 0 spiro atoms. The van der Waals surface area contributed by atoms with Crippen molar-refractivity contribution in [3.8, 4) is 11.1 Å². The fourth-order valence-electron chi connectivity index (χ4n) is 5.16. The van der Waals surface area contributed by atoms with E-state index in [0.29, 0.717) is 48.3 Å². The second-order valence-electron chi connectivity index (χ2n) is 9.84. The molecule has 0 unspecified atom stereocenters. The molecule has 7 nitrogen and oxygen atoms in total. The molecule has 1 aromatic heterocycles. The predicted molar refractivity (Wildman–Crippen MR) is 153 cm³/mol. The minimum atomic E-state index is -0.969. The van der Waals surface area contributed by atoms with Crippen molar-refractivity contribution >= 4 is 17.8 Å². The largest absolute Gasteiger partial charge is 0.481 e. The number of carboxylic acid groups (broad SMARTS) is 1. The second kappa shape index (κ2) is 12.4. The topological polar surface area (TPSA) is 90.8 Å². The Labute approximate surface area is 233 Å². The molecule has 1 N–H and O–H groups in total. The van der Waals surface area contributed by atoms with Crippen LogP contribution in [0.2, 0.25) is 0 Å². The van der Waals surface area contributed by atoms with Gasteiger partial charge in [-0.05, 0) is 52.9 Å². The van der Waals surface area contributed by atoms with E-state index >= 15 is 0 Å². The molecule has 1 aliphatic rings. The SMILES string of the molecule is O=C(O)CCN(CCc1ccccn1)C(=O)c1ccccc1-c1ccccc1C(=O)N1CCc2ccccc2C1. The molecule has 2 heterocycles. The summed E-state index contributed by atoms with van der Waals surface area (Å²) in [4.78, 5) is 46.9. The summed E-state index contributed by atoms with van der Waals surface area (Å²) >= 11 is 0. The summed E-state index contributed by atoms with van der Waals surface area (Å²) in [6.07, 6.45) is 2.83. The van der Waals surface area contributed by atoms with Gasteiger partial charge < -0.3 is 14.9 Å². The Hall–Kier alpha value is -4.78. The van der Waals surface area contributed by atoms with Crippen LogP contribution in [0.4, 0.5) is 0 Å². The number of hydrogen-bond acceptors (Lipinski definition) is 4. The first-order valence-corrected chi connectivity index (χ1v) is 13.5. The third-order valence-electron chi connectivity index (χ3n) is 7.27. The van der Waals surface area contributed by atoms with Gasteiger partial charge in [-0.15, -0.1) is 0 Å². The van der Waals surface area contributed by atoms with Gasteiger partial charge in [-0.2, -0.15) is 0 Å². The Morgan fingerprint density at radius 1 is 0.775 bits per heavy atom. The Morgan fingerprint density at radius 2 is 1.43 bits per heavy atom. The van der Waals surface area contributed by atoms with Crippen molar-refractivity contribution in [2.24, 2.45) is 0 Å². The van der Waals surface area contributed by atoms with Crippen LogP contribution in [0.3, 0.4) is 0 Å². The highest BCUT2D eigenvalue weighted by Gasteiger charge is 2.26. The van der Waals surface area contributed by atoms with Crippen LogP contribution in [-0.2, 0) is 24.2 Å². The number of carbonyl (C=O) groups excluding carboxylic acids is 2. The number of aliphatic carboxylic acids is 1. The molecule has 2 amide bonds. The molecule has 0 aliphatic carbocycles. The summed E-state index contributed by atoms with van der Waals surface area (Å²) in [6, 6.07) is 28.4. The number of pyridine rings is 1. The number of aromatic nitrogens is 1. The fourth-order valence-corrected chi connectivity index (χ4v) is 5.16. The molecule has 0 bridgehead atoms. The molecule has 0 atom stereocenters. The van der Waals surface area contributed by atoms with E-state index in [1.807, 2.05) is 71.6 Å². The average Bonchev–Trinajstić information content (AvgIpc) is 3.00. The lowest BCUT2D eigenvalue weighted by Crippen LogP contribution is -2.36. The van der Waals surface area contributed by atoms with Crippen LogP contribution in [0.1, 0.15) is 44.0 Å². The lowest BCUT2D eigenvalue weighted by atomic mass is 9.93. The Morgan fingerprint density at radius 3 is 2.15 bits per heavy atom. The highest BCUT2D eigenvalue weighted by atomic mass is 16.4. The molecule has 3 aromatic carbocycles. The lowest BCUT2D eigenvalue weighted by Gasteiger charge is -2.30. The van der Waals surface area contributed by atoms with Gasteiger partial charge in [-0.1, -0.05) is 66.7 Å². The number of rotatable bonds is 9. The Balaban J connectivity index is 1.44. The molecule has 7 heteroatoms. The van der Waals surface area contributed by atoms with Gasteiger partial charge in [0.2, 0.25) is 0 Å². The third-order valence-corrected chi connectivity index (χ3v) is 7.27. The number of fused-ring (bicyclic) bond motifs is 1. The van der Waals surface area contributed by atoms with E-state index in [-0.39, 0.29) is 24.8 Å². The van der Waals surface area contributed by atoms with E-state index in [2.05, 4.69) is 17.1 Å². The van der Waals surface area contributed by atoms with E-state index in [1.165, 1.54) is 5.56 Å². The molecule has 0 fully saturated rings. The van der Waals surface area contributed by atoms with Crippen molar-refractivity contribution < 1.29 is 19.5 Å². The molecule has 0 saturated heterocycles. The molecule has 0 saturated carbocycles. The van der Waals surface area contributed by atoms with Crippen molar-refractivity contribution in [1.29, 1.82) is 0 Å². The van der Waals surface area contributed by atoms with Gasteiger partial charge in [-0.25, -0.2) is 0 Å². The van der Waals surface area contributed by atoms with E-state index in [0.717, 1.165) is 17.7 Å². The van der Waals surface area contributed by atoms with Crippen LogP contribution in [0, 0.1) is 0 Å². The molecular weight excluding hydrogens is 502 g/mol. The molecule has 40 heavy (non-hydrogen) atoms. The molecule has 0 radical (unpaired) electrons. The van der Waals surface area contributed by atoms with Gasteiger partial charge in [0, 0.05) is 55.6 Å². The van der Waals surface area contributed by atoms with Crippen molar-refractivity contribution in [1.82, 2.24) is 14.8 Å². The monoisotopic (exact) mass is 533 g/mol. The minimum absolute atomic E-state index is 0.0725. The molecule has 1 aliphatic heterocycles. The zero-order chi connectivity index (χ0) is 27.9. The number of carbonyl (C=O) groups is 3.